The Kier molecular flexibility index (Phi) is 6.40. The largest absolute Gasteiger partial charge is 0.480 e. The first-order chi connectivity index (χ1) is 15.9. The molecule has 1 saturated carbocycles. The monoisotopic (exact) mass is 450 g/mol. The maximum atomic E-state index is 13.0. The molecule has 3 N–H and O–H groups in total. The van der Waals surface area contributed by atoms with Crippen LogP contribution in [0.4, 0.5) is 4.79 Å². The van der Waals surface area contributed by atoms with Gasteiger partial charge < -0.3 is 20.5 Å². The number of carbonyl (C=O) groups is 3. The molecule has 2 atom stereocenters. The van der Waals surface area contributed by atoms with Gasteiger partial charge >= 0.3 is 12.1 Å². The highest BCUT2D eigenvalue weighted by molar-refractivity contribution is 5.93. The predicted molar refractivity (Wildman–Crippen MR) is 124 cm³/mol. The molecular weight excluding hydrogens is 420 g/mol. The molecular formula is C26H30N2O5. The molecule has 2 aromatic carbocycles. The molecule has 2 aliphatic rings. The van der Waals surface area contributed by atoms with Crippen molar-refractivity contribution in [3.63, 3.8) is 0 Å². The molecule has 4 rings (SSSR count). The molecule has 2 aliphatic carbocycles. The Bertz CT molecular complexity index is 1020. The molecule has 7 nitrogen and oxygen atoms in total. The first kappa shape index (κ1) is 22.8. The van der Waals surface area contributed by atoms with E-state index < -0.39 is 29.6 Å². The minimum absolute atomic E-state index is 0.0730. The van der Waals surface area contributed by atoms with Crippen LogP contribution < -0.4 is 10.6 Å². The molecule has 7 heteroatoms. The third-order valence-electron chi connectivity index (χ3n) is 7.09. The maximum absolute atomic E-state index is 13.0. The zero-order valence-corrected chi connectivity index (χ0v) is 19.0. The normalized spacial score (nSPS) is 17.6. The van der Waals surface area contributed by atoms with Crippen molar-refractivity contribution in [3.05, 3.63) is 59.7 Å². The number of amides is 2. The molecule has 0 heterocycles. The number of rotatable bonds is 8. The summed E-state index contributed by atoms with van der Waals surface area (Å²) in [5.41, 5.74) is 3.38. The van der Waals surface area contributed by atoms with E-state index in [1.165, 1.54) is 0 Å². The van der Waals surface area contributed by atoms with Crippen LogP contribution in [0.1, 0.15) is 56.6 Å². The summed E-state index contributed by atoms with van der Waals surface area (Å²) < 4.78 is 5.60. The number of aliphatic carboxylic acids is 1. The van der Waals surface area contributed by atoms with Crippen LogP contribution in [0.3, 0.4) is 0 Å². The lowest BCUT2D eigenvalue weighted by Crippen LogP contribution is -2.65. The third kappa shape index (κ3) is 4.32. The van der Waals surface area contributed by atoms with Crippen LogP contribution in [-0.4, -0.2) is 41.3 Å². The minimum Gasteiger partial charge on any atom is -0.480 e. The van der Waals surface area contributed by atoms with Crippen LogP contribution in [0.5, 0.6) is 0 Å². The number of carbonyl (C=O) groups excluding carboxylic acids is 2. The second-order valence-electron chi connectivity index (χ2n) is 9.06. The molecule has 33 heavy (non-hydrogen) atoms. The number of alkyl carbamates (subject to hydrolysis) is 1. The summed E-state index contributed by atoms with van der Waals surface area (Å²) in [4.78, 5) is 37.3. The second kappa shape index (κ2) is 9.25. The van der Waals surface area contributed by atoms with Crippen LogP contribution >= 0.6 is 0 Å². The van der Waals surface area contributed by atoms with Gasteiger partial charge in [0, 0.05) is 5.92 Å². The Labute approximate surface area is 193 Å². The van der Waals surface area contributed by atoms with Gasteiger partial charge in [-0.1, -0.05) is 68.8 Å². The Morgan fingerprint density at radius 1 is 1.06 bits per heavy atom. The van der Waals surface area contributed by atoms with Gasteiger partial charge in [-0.25, -0.2) is 9.59 Å². The summed E-state index contributed by atoms with van der Waals surface area (Å²) in [5.74, 6) is -1.84. The quantitative estimate of drug-likeness (QED) is 0.563. The summed E-state index contributed by atoms with van der Waals surface area (Å²) in [7, 11) is 0. The van der Waals surface area contributed by atoms with Crippen molar-refractivity contribution < 1.29 is 24.2 Å². The molecule has 0 aromatic heterocycles. The van der Waals surface area contributed by atoms with Gasteiger partial charge in [0.15, 0.2) is 0 Å². The highest BCUT2D eigenvalue weighted by atomic mass is 16.5. The van der Waals surface area contributed by atoms with Crippen LogP contribution in [0.25, 0.3) is 11.1 Å². The van der Waals surface area contributed by atoms with E-state index in [0.29, 0.717) is 19.3 Å². The zero-order chi connectivity index (χ0) is 23.6. The number of benzene rings is 2. The average molecular weight is 451 g/mol. The van der Waals surface area contributed by atoms with E-state index in [1.54, 1.807) is 6.92 Å². The molecule has 1 unspecified atom stereocenters. The van der Waals surface area contributed by atoms with Crippen molar-refractivity contribution >= 4 is 18.0 Å². The van der Waals surface area contributed by atoms with E-state index in [9.17, 15) is 19.5 Å². The Morgan fingerprint density at radius 2 is 1.64 bits per heavy atom. The lowest BCUT2D eigenvalue weighted by Gasteiger charge is -2.41. The first-order valence-electron chi connectivity index (χ1n) is 11.5. The van der Waals surface area contributed by atoms with E-state index in [-0.39, 0.29) is 18.4 Å². The fourth-order valence-corrected chi connectivity index (χ4v) is 4.73. The fraction of sp³-hybridized carbons (Fsp3) is 0.423. The zero-order valence-electron chi connectivity index (χ0n) is 19.0. The van der Waals surface area contributed by atoms with Crippen molar-refractivity contribution in [2.45, 2.75) is 57.0 Å². The van der Waals surface area contributed by atoms with Gasteiger partial charge in [0.2, 0.25) is 5.91 Å². The fourth-order valence-electron chi connectivity index (χ4n) is 4.73. The van der Waals surface area contributed by atoms with E-state index in [0.717, 1.165) is 28.7 Å². The van der Waals surface area contributed by atoms with E-state index in [1.807, 2.05) is 43.3 Å². The summed E-state index contributed by atoms with van der Waals surface area (Å²) >= 11 is 0. The number of ether oxygens (including phenoxy) is 1. The molecule has 2 amide bonds. The van der Waals surface area contributed by atoms with Crippen LogP contribution in [-0.2, 0) is 14.3 Å². The van der Waals surface area contributed by atoms with E-state index in [2.05, 4.69) is 22.8 Å². The first-order valence-corrected chi connectivity index (χ1v) is 11.5. The van der Waals surface area contributed by atoms with Gasteiger partial charge in [0.1, 0.15) is 18.2 Å². The summed E-state index contributed by atoms with van der Waals surface area (Å²) in [6.45, 7) is 3.81. The van der Waals surface area contributed by atoms with Gasteiger partial charge in [0.25, 0.3) is 0 Å². The van der Waals surface area contributed by atoms with Crippen molar-refractivity contribution in [1.82, 2.24) is 10.6 Å². The van der Waals surface area contributed by atoms with E-state index >= 15 is 0 Å². The maximum Gasteiger partial charge on any atom is 0.408 e. The standard InChI is InChI=1S/C26H30N2O5/c1-3-16(2)22(23(29)30)27-24(31)26(13-8-14-26)28-25(32)33-15-21-19-11-6-4-9-17(19)18-10-5-7-12-20(18)21/h4-7,9-12,16,21-22H,3,8,13-15H2,1-2H3,(H,27,31)(H,28,32)(H,29,30)/t16?,22-/m0/s1. The van der Waals surface area contributed by atoms with Gasteiger partial charge in [0.05, 0.1) is 0 Å². The van der Waals surface area contributed by atoms with Crippen LogP contribution in [0.2, 0.25) is 0 Å². The number of carboxylic acids is 1. The Hall–Kier alpha value is -3.35. The minimum atomic E-state index is -1.12. The molecule has 0 radical (unpaired) electrons. The SMILES string of the molecule is CCC(C)[C@H](NC(=O)C1(NC(=O)OCC2c3ccccc3-c3ccccc32)CCC1)C(=O)O. The number of carboxylic acid groups (broad SMARTS) is 1. The molecule has 174 valence electrons. The average Bonchev–Trinajstić information content (AvgIpc) is 3.11. The molecule has 0 aliphatic heterocycles. The van der Waals surface area contributed by atoms with Crippen molar-refractivity contribution in [1.29, 1.82) is 0 Å². The van der Waals surface area contributed by atoms with Gasteiger partial charge in [-0.15, -0.1) is 0 Å². The van der Waals surface area contributed by atoms with Crippen molar-refractivity contribution in [3.8, 4) is 11.1 Å². The predicted octanol–water partition coefficient (Wildman–Crippen LogP) is 4.06. The Balaban J connectivity index is 1.42. The highest BCUT2D eigenvalue weighted by Crippen LogP contribution is 2.44. The van der Waals surface area contributed by atoms with Crippen molar-refractivity contribution in [2.24, 2.45) is 5.92 Å². The number of nitrogens with one attached hydrogen (secondary N) is 2. The molecule has 2 aromatic rings. The highest BCUT2D eigenvalue weighted by Gasteiger charge is 2.47. The van der Waals surface area contributed by atoms with Gasteiger partial charge in [-0.05, 0) is 47.4 Å². The topological polar surface area (TPSA) is 105 Å². The smallest absolute Gasteiger partial charge is 0.408 e. The Morgan fingerprint density at radius 3 is 2.12 bits per heavy atom. The lowest BCUT2D eigenvalue weighted by atomic mass is 9.75. The van der Waals surface area contributed by atoms with E-state index in [4.69, 9.17) is 4.74 Å². The van der Waals surface area contributed by atoms with Crippen LogP contribution in [0.15, 0.2) is 48.5 Å². The summed E-state index contributed by atoms with van der Waals surface area (Å²) in [5, 5.41) is 14.9. The second-order valence-corrected chi connectivity index (χ2v) is 9.06. The van der Waals surface area contributed by atoms with Crippen molar-refractivity contribution in [2.75, 3.05) is 6.61 Å². The molecule has 0 spiro atoms. The van der Waals surface area contributed by atoms with Gasteiger partial charge in [-0.2, -0.15) is 0 Å². The molecule has 0 bridgehead atoms. The van der Waals surface area contributed by atoms with Crippen LogP contribution in [0, 0.1) is 5.92 Å². The summed E-state index contributed by atoms with van der Waals surface area (Å²) in [6, 6.07) is 15.2. The van der Waals surface area contributed by atoms with Gasteiger partial charge in [-0.3, -0.25) is 4.79 Å². The number of fused-ring (bicyclic) bond motifs is 3. The molecule has 0 saturated heterocycles. The number of hydrogen-bond acceptors (Lipinski definition) is 4. The molecule has 1 fully saturated rings. The summed E-state index contributed by atoms with van der Waals surface area (Å²) in [6.07, 6.45) is 1.63. The number of hydrogen-bond donors (Lipinski definition) is 3. The lowest BCUT2D eigenvalue weighted by molar-refractivity contribution is -0.145. The third-order valence-corrected chi connectivity index (χ3v) is 7.09.